The normalized spacial score (nSPS) is 11.3. The van der Waals surface area contributed by atoms with Crippen molar-refractivity contribution in [1.29, 1.82) is 0 Å². The quantitative estimate of drug-likeness (QED) is 0.414. The third kappa shape index (κ3) is 4.65. The van der Waals surface area contributed by atoms with Crippen molar-refractivity contribution >= 4 is 38.3 Å². The Kier molecular flexibility index (Phi) is 6.28. The molecule has 0 aliphatic heterocycles. The number of fused-ring (bicyclic) bond motifs is 1. The van der Waals surface area contributed by atoms with Gasteiger partial charge in [0.1, 0.15) is 6.54 Å². The zero-order valence-electron chi connectivity index (χ0n) is 17.9. The maximum atomic E-state index is 13.2. The molecule has 4 rings (SSSR count). The van der Waals surface area contributed by atoms with E-state index in [4.69, 9.17) is 4.74 Å². The molecule has 3 aromatic carbocycles. The molecule has 0 saturated carbocycles. The van der Waals surface area contributed by atoms with Crippen LogP contribution in [0.4, 0.5) is 5.69 Å². The van der Waals surface area contributed by atoms with E-state index in [9.17, 15) is 18.0 Å². The van der Waals surface area contributed by atoms with Gasteiger partial charge in [-0.05, 0) is 49.4 Å². The van der Waals surface area contributed by atoms with Crippen molar-refractivity contribution in [1.82, 2.24) is 4.57 Å². The Labute approximate surface area is 191 Å². The first kappa shape index (κ1) is 22.3. The molecule has 1 N–H and O–H groups in total. The van der Waals surface area contributed by atoms with E-state index in [1.54, 1.807) is 90.4 Å². The summed E-state index contributed by atoms with van der Waals surface area (Å²) in [5, 5.41) is 3.32. The number of carbonyl (C=O) groups is 2. The molecule has 33 heavy (non-hydrogen) atoms. The molecule has 0 atom stereocenters. The molecule has 4 aromatic rings. The lowest BCUT2D eigenvalue weighted by atomic mass is 10.2. The van der Waals surface area contributed by atoms with Gasteiger partial charge in [-0.25, -0.2) is 13.2 Å². The smallest absolute Gasteiger partial charge is 0.338 e. The summed E-state index contributed by atoms with van der Waals surface area (Å²) < 4.78 is 33.0. The molecule has 8 heteroatoms. The monoisotopic (exact) mass is 462 g/mol. The van der Waals surface area contributed by atoms with Gasteiger partial charge in [-0.2, -0.15) is 0 Å². The minimum Gasteiger partial charge on any atom is -0.462 e. The Morgan fingerprint density at radius 2 is 1.58 bits per heavy atom. The number of carbonyl (C=O) groups excluding carboxylic acids is 2. The number of anilines is 1. The molecule has 1 heterocycles. The second-order valence-electron chi connectivity index (χ2n) is 7.30. The van der Waals surface area contributed by atoms with Crippen LogP contribution in [-0.2, 0) is 25.9 Å². The second kappa shape index (κ2) is 9.30. The lowest BCUT2D eigenvalue weighted by molar-refractivity contribution is -0.116. The zero-order chi connectivity index (χ0) is 23.4. The highest BCUT2D eigenvalue weighted by Gasteiger charge is 2.23. The van der Waals surface area contributed by atoms with Gasteiger partial charge in [0.05, 0.1) is 22.0 Å². The first-order valence-corrected chi connectivity index (χ1v) is 11.8. The number of para-hydroxylation sites is 1. The molecular formula is C25H22N2O5S. The van der Waals surface area contributed by atoms with Crippen LogP contribution in [0, 0.1) is 0 Å². The number of hydrogen-bond acceptors (Lipinski definition) is 5. The number of amides is 1. The highest BCUT2D eigenvalue weighted by molar-refractivity contribution is 7.91. The van der Waals surface area contributed by atoms with E-state index >= 15 is 0 Å². The maximum Gasteiger partial charge on any atom is 0.338 e. The van der Waals surface area contributed by atoms with Crippen LogP contribution in [-0.4, -0.2) is 31.5 Å². The lowest BCUT2D eigenvalue weighted by Crippen LogP contribution is -2.18. The van der Waals surface area contributed by atoms with Gasteiger partial charge in [0.15, 0.2) is 0 Å². The minimum absolute atomic E-state index is 0.0789. The lowest BCUT2D eigenvalue weighted by Gasteiger charge is -2.08. The van der Waals surface area contributed by atoms with Crippen LogP contribution in [0.25, 0.3) is 10.9 Å². The van der Waals surface area contributed by atoms with Gasteiger partial charge in [-0.3, -0.25) is 4.79 Å². The third-order valence-corrected chi connectivity index (χ3v) is 6.89. The van der Waals surface area contributed by atoms with Crippen LogP contribution >= 0.6 is 0 Å². The minimum atomic E-state index is -3.75. The molecule has 0 saturated heterocycles. The molecule has 0 radical (unpaired) electrons. The van der Waals surface area contributed by atoms with Crippen LogP contribution in [0.3, 0.4) is 0 Å². The standard InChI is InChI=1S/C25H22N2O5S/c1-2-32-25(29)18-12-14-19(15-13-18)26-24(28)17-27-16-23(21-10-6-7-11-22(21)27)33(30,31)20-8-4-3-5-9-20/h3-16H,2,17H2,1H3,(H,26,28). The number of rotatable bonds is 7. The number of aromatic nitrogens is 1. The maximum absolute atomic E-state index is 13.2. The fraction of sp³-hybridized carbons (Fsp3) is 0.120. The van der Waals surface area contributed by atoms with Gasteiger partial charge in [0, 0.05) is 22.8 Å². The number of esters is 1. The fourth-order valence-electron chi connectivity index (χ4n) is 3.54. The van der Waals surface area contributed by atoms with Crippen molar-refractivity contribution in [2.45, 2.75) is 23.3 Å². The van der Waals surface area contributed by atoms with Gasteiger partial charge in [0.2, 0.25) is 15.7 Å². The Bertz CT molecular complexity index is 1410. The fourth-order valence-corrected chi connectivity index (χ4v) is 5.04. The van der Waals surface area contributed by atoms with Crippen molar-refractivity contribution in [2.24, 2.45) is 0 Å². The zero-order valence-corrected chi connectivity index (χ0v) is 18.7. The summed E-state index contributed by atoms with van der Waals surface area (Å²) in [5.74, 6) is -0.760. The Balaban J connectivity index is 1.58. The predicted molar refractivity (Wildman–Crippen MR) is 125 cm³/mol. The van der Waals surface area contributed by atoms with E-state index in [0.717, 1.165) is 0 Å². The summed E-state index contributed by atoms with van der Waals surface area (Å²) in [6.45, 7) is 1.93. The molecule has 168 valence electrons. The summed E-state index contributed by atoms with van der Waals surface area (Å²) in [7, 11) is -3.75. The summed E-state index contributed by atoms with van der Waals surface area (Å²) >= 11 is 0. The number of hydrogen-bond donors (Lipinski definition) is 1. The summed E-state index contributed by atoms with van der Waals surface area (Å²) in [6, 6.07) is 21.6. The van der Waals surface area contributed by atoms with Crippen LogP contribution in [0.15, 0.2) is 94.9 Å². The number of sulfone groups is 1. The largest absolute Gasteiger partial charge is 0.462 e. The average Bonchev–Trinajstić information content (AvgIpc) is 3.19. The van der Waals surface area contributed by atoms with Gasteiger partial charge < -0.3 is 14.6 Å². The molecule has 1 aromatic heterocycles. The van der Waals surface area contributed by atoms with E-state index in [1.807, 2.05) is 0 Å². The summed E-state index contributed by atoms with van der Waals surface area (Å²) in [5.41, 5.74) is 1.54. The van der Waals surface area contributed by atoms with Crippen molar-refractivity contribution < 1.29 is 22.7 Å². The number of benzene rings is 3. The molecular weight excluding hydrogens is 440 g/mol. The number of nitrogens with one attached hydrogen (secondary N) is 1. The number of ether oxygens (including phenoxy) is 1. The van der Waals surface area contributed by atoms with Crippen LogP contribution in [0.2, 0.25) is 0 Å². The Morgan fingerprint density at radius 3 is 2.27 bits per heavy atom. The van der Waals surface area contributed by atoms with Crippen molar-refractivity contribution in [3.05, 3.63) is 90.6 Å². The SMILES string of the molecule is CCOC(=O)c1ccc(NC(=O)Cn2cc(S(=O)(=O)c3ccccc3)c3ccccc32)cc1. The predicted octanol–water partition coefficient (Wildman–Crippen LogP) is 4.29. The van der Waals surface area contributed by atoms with Gasteiger partial charge in [0.25, 0.3) is 0 Å². The second-order valence-corrected chi connectivity index (χ2v) is 9.22. The van der Waals surface area contributed by atoms with E-state index in [0.29, 0.717) is 22.2 Å². The van der Waals surface area contributed by atoms with Gasteiger partial charge in [-0.1, -0.05) is 36.4 Å². The first-order chi connectivity index (χ1) is 15.9. The Morgan fingerprint density at radius 1 is 0.909 bits per heavy atom. The van der Waals surface area contributed by atoms with E-state index in [1.165, 1.54) is 6.20 Å². The van der Waals surface area contributed by atoms with Crippen molar-refractivity contribution in [3.8, 4) is 0 Å². The topological polar surface area (TPSA) is 94.5 Å². The van der Waals surface area contributed by atoms with E-state index in [2.05, 4.69) is 5.32 Å². The third-order valence-electron chi connectivity index (χ3n) is 5.09. The van der Waals surface area contributed by atoms with Crippen LogP contribution in [0.1, 0.15) is 17.3 Å². The molecule has 1 amide bonds. The van der Waals surface area contributed by atoms with E-state index < -0.39 is 15.8 Å². The molecule has 7 nitrogen and oxygen atoms in total. The Hall–Kier alpha value is -3.91. The molecule has 0 unspecified atom stereocenters. The summed E-state index contributed by atoms with van der Waals surface area (Å²) in [4.78, 5) is 24.8. The van der Waals surface area contributed by atoms with E-state index in [-0.39, 0.29) is 28.8 Å². The van der Waals surface area contributed by atoms with Gasteiger partial charge >= 0.3 is 5.97 Å². The molecule has 0 bridgehead atoms. The summed E-state index contributed by atoms with van der Waals surface area (Å²) in [6.07, 6.45) is 1.50. The van der Waals surface area contributed by atoms with Gasteiger partial charge in [-0.15, -0.1) is 0 Å². The van der Waals surface area contributed by atoms with Crippen LogP contribution in [0.5, 0.6) is 0 Å². The van der Waals surface area contributed by atoms with Crippen LogP contribution < -0.4 is 5.32 Å². The molecule has 0 aliphatic rings. The highest BCUT2D eigenvalue weighted by atomic mass is 32.2. The highest BCUT2D eigenvalue weighted by Crippen LogP contribution is 2.30. The van der Waals surface area contributed by atoms with Crippen molar-refractivity contribution in [3.63, 3.8) is 0 Å². The molecule has 0 fully saturated rings. The van der Waals surface area contributed by atoms with Crippen molar-refractivity contribution in [2.75, 3.05) is 11.9 Å². The molecule has 0 aliphatic carbocycles. The first-order valence-electron chi connectivity index (χ1n) is 10.3. The molecule has 0 spiro atoms. The number of nitrogens with zero attached hydrogens (tertiary/aromatic N) is 1. The average molecular weight is 463 g/mol.